The van der Waals surface area contributed by atoms with Crippen molar-refractivity contribution in [2.45, 2.75) is 0 Å². The van der Waals surface area contributed by atoms with E-state index in [1.54, 1.807) is 20.4 Å². The lowest BCUT2D eigenvalue weighted by Crippen LogP contribution is -1.90. The fourth-order valence-corrected chi connectivity index (χ4v) is 1.35. The van der Waals surface area contributed by atoms with Gasteiger partial charge in [0.15, 0.2) is 23.7 Å². The van der Waals surface area contributed by atoms with Crippen LogP contribution >= 0.6 is 0 Å². The average Bonchev–Trinajstić information content (AvgIpc) is 2.81. The van der Waals surface area contributed by atoms with Gasteiger partial charge in [0.05, 0.1) is 20.4 Å². The van der Waals surface area contributed by atoms with Crippen molar-refractivity contribution in [1.29, 1.82) is 0 Å². The summed E-state index contributed by atoms with van der Waals surface area (Å²) in [4.78, 5) is 3.86. The lowest BCUT2D eigenvalue weighted by atomic mass is 10.1. The molecule has 2 aromatic rings. The van der Waals surface area contributed by atoms with Gasteiger partial charge >= 0.3 is 0 Å². The maximum atomic E-state index is 5.19. The van der Waals surface area contributed by atoms with Crippen molar-refractivity contribution in [3.8, 4) is 22.8 Å². The Bertz CT molecular complexity index is 437. The third-order valence-electron chi connectivity index (χ3n) is 2.10. The molecular formula is C11H11NO3. The molecule has 78 valence electrons. The summed E-state index contributed by atoms with van der Waals surface area (Å²) in [6.45, 7) is 0. The minimum Gasteiger partial charge on any atom is -0.493 e. The molecule has 0 saturated heterocycles. The molecule has 0 N–H and O–H groups in total. The molecule has 0 saturated carbocycles. The van der Waals surface area contributed by atoms with Crippen molar-refractivity contribution in [3.63, 3.8) is 0 Å². The van der Waals surface area contributed by atoms with Crippen LogP contribution in [0.5, 0.6) is 11.5 Å². The smallest absolute Gasteiger partial charge is 0.181 e. The Morgan fingerprint density at radius 3 is 2.53 bits per heavy atom. The number of ether oxygens (including phenoxy) is 2. The maximum Gasteiger partial charge on any atom is 0.181 e. The monoisotopic (exact) mass is 205 g/mol. The van der Waals surface area contributed by atoms with E-state index in [-0.39, 0.29) is 0 Å². The summed E-state index contributed by atoms with van der Waals surface area (Å²) >= 11 is 0. The lowest BCUT2D eigenvalue weighted by Gasteiger charge is -2.07. The van der Waals surface area contributed by atoms with E-state index in [1.807, 2.05) is 18.2 Å². The van der Waals surface area contributed by atoms with Crippen molar-refractivity contribution >= 4 is 0 Å². The summed E-state index contributed by atoms with van der Waals surface area (Å²) in [5, 5.41) is 0. The molecule has 0 aliphatic heterocycles. The van der Waals surface area contributed by atoms with Gasteiger partial charge in [-0.2, -0.15) is 0 Å². The first kappa shape index (κ1) is 9.58. The summed E-state index contributed by atoms with van der Waals surface area (Å²) in [6, 6.07) is 5.57. The normalized spacial score (nSPS) is 10.0. The van der Waals surface area contributed by atoms with Crippen LogP contribution in [-0.4, -0.2) is 19.2 Å². The van der Waals surface area contributed by atoms with Gasteiger partial charge in [-0.3, -0.25) is 0 Å². The summed E-state index contributed by atoms with van der Waals surface area (Å²) in [5.74, 6) is 2.07. The molecule has 0 unspecified atom stereocenters. The van der Waals surface area contributed by atoms with Crippen LogP contribution in [0.2, 0.25) is 0 Å². The molecule has 4 heteroatoms. The molecule has 0 spiro atoms. The highest BCUT2D eigenvalue weighted by Gasteiger charge is 2.07. The van der Waals surface area contributed by atoms with E-state index >= 15 is 0 Å². The van der Waals surface area contributed by atoms with Gasteiger partial charge in [-0.05, 0) is 18.2 Å². The molecule has 1 heterocycles. The Balaban J connectivity index is 2.43. The van der Waals surface area contributed by atoms with Crippen LogP contribution in [0.4, 0.5) is 0 Å². The summed E-state index contributed by atoms with van der Waals surface area (Å²) in [5.41, 5.74) is 0.908. The second-order valence-electron chi connectivity index (χ2n) is 2.94. The Morgan fingerprint density at radius 1 is 1.13 bits per heavy atom. The molecule has 4 nitrogen and oxygen atoms in total. The zero-order valence-electron chi connectivity index (χ0n) is 8.56. The van der Waals surface area contributed by atoms with Gasteiger partial charge in [-0.25, -0.2) is 4.98 Å². The molecule has 1 aromatic carbocycles. The summed E-state index contributed by atoms with van der Waals surface area (Å²) in [7, 11) is 3.20. The Hall–Kier alpha value is -1.97. The first-order valence-electron chi connectivity index (χ1n) is 4.46. The molecule has 0 aliphatic carbocycles. The maximum absolute atomic E-state index is 5.19. The highest BCUT2D eigenvalue weighted by Crippen LogP contribution is 2.31. The van der Waals surface area contributed by atoms with Gasteiger partial charge in [0, 0.05) is 5.56 Å². The van der Waals surface area contributed by atoms with Gasteiger partial charge < -0.3 is 13.9 Å². The number of hydrogen-bond donors (Lipinski definition) is 0. The van der Waals surface area contributed by atoms with Crippen molar-refractivity contribution in [2.75, 3.05) is 14.2 Å². The van der Waals surface area contributed by atoms with Crippen LogP contribution in [0, 0.1) is 0 Å². The fraction of sp³-hybridized carbons (Fsp3) is 0.182. The SMILES string of the molecule is COc1ccc(-c2cnco2)cc1OC. The van der Waals surface area contributed by atoms with Gasteiger partial charge in [-0.15, -0.1) is 0 Å². The van der Waals surface area contributed by atoms with E-state index in [1.165, 1.54) is 6.39 Å². The minimum atomic E-state index is 0.673. The zero-order valence-corrected chi connectivity index (χ0v) is 8.56. The standard InChI is InChI=1S/C11H11NO3/c1-13-9-4-3-8(5-10(9)14-2)11-6-12-7-15-11/h3-7H,1-2H3. The Morgan fingerprint density at radius 2 is 1.93 bits per heavy atom. The van der Waals surface area contributed by atoms with E-state index in [4.69, 9.17) is 13.9 Å². The number of oxazole rings is 1. The molecule has 0 radical (unpaired) electrons. The van der Waals surface area contributed by atoms with Crippen LogP contribution in [0.1, 0.15) is 0 Å². The second-order valence-corrected chi connectivity index (χ2v) is 2.94. The van der Waals surface area contributed by atoms with Gasteiger partial charge in [0.2, 0.25) is 0 Å². The van der Waals surface area contributed by atoms with E-state index < -0.39 is 0 Å². The molecule has 0 amide bonds. The quantitative estimate of drug-likeness (QED) is 0.771. The van der Waals surface area contributed by atoms with Gasteiger partial charge in [0.1, 0.15) is 0 Å². The minimum absolute atomic E-state index is 0.673. The first-order chi connectivity index (χ1) is 7.35. The average molecular weight is 205 g/mol. The Labute approximate surface area is 87.5 Å². The topological polar surface area (TPSA) is 44.5 Å². The number of benzene rings is 1. The molecule has 0 bridgehead atoms. The van der Waals surface area contributed by atoms with Crippen LogP contribution in [0.25, 0.3) is 11.3 Å². The van der Waals surface area contributed by atoms with Crippen LogP contribution in [-0.2, 0) is 0 Å². The number of hydrogen-bond acceptors (Lipinski definition) is 4. The molecule has 2 rings (SSSR count). The molecule has 0 atom stereocenters. The Kier molecular flexibility index (Phi) is 2.58. The molecule has 15 heavy (non-hydrogen) atoms. The van der Waals surface area contributed by atoms with E-state index in [2.05, 4.69) is 4.98 Å². The van der Waals surface area contributed by atoms with Crippen molar-refractivity contribution in [1.82, 2.24) is 4.98 Å². The third-order valence-corrected chi connectivity index (χ3v) is 2.10. The largest absolute Gasteiger partial charge is 0.493 e. The molecule has 0 aliphatic rings. The van der Waals surface area contributed by atoms with Crippen molar-refractivity contribution in [3.05, 3.63) is 30.8 Å². The van der Waals surface area contributed by atoms with E-state index in [9.17, 15) is 0 Å². The van der Waals surface area contributed by atoms with Crippen LogP contribution in [0.3, 0.4) is 0 Å². The molecular weight excluding hydrogens is 194 g/mol. The van der Waals surface area contributed by atoms with Gasteiger partial charge in [0.25, 0.3) is 0 Å². The van der Waals surface area contributed by atoms with E-state index in [0.717, 1.165) is 5.56 Å². The molecule has 0 fully saturated rings. The highest BCUT2D eigenvalue weighted by molar-refractivity contribution is 5.61. The van der Waals surface area contributed by atoms with Crippen molar-refractivity contribution < 1.29 is 13.9 Å². The van der Waals surface area contributed by atoms with Crippen molar-refractivity contribution in [2.24, 2.45) is 0 Å². The first-order valence-corrected chi connectivity index (χ1v) is 4.46. The number of aromatic nitrogens is 1. The fourth-order valence-electron chi connectivity index (χ4n) is 1.35. The zero-order chi connectivity index (χ0) is 10.7. The predicted molar refractivity (Wildman–Crippen MR) is 55.0 cm³/mol. The number of rotatable bonds is 3. The summed E-state index contributed by atoms with van der Waals surface area (Å²) in [6.07, 6.45) is 3.05. The molecule has 1 aromatic heterocycles. The second kappa shape index (κ2) is 4.04. The van der Waals surface area contributed by atoms with Crippen LogP contribution in [0.15, 0.2) is 35.2 Å². The lowest BCUT2D eigenvalue weighted by molar-refractivity contribution is 0.355. The number of nitrogens with zero attached hydrogens (tertiary/aromatic N) is 1. The van der Waals surface area contributed by atoms with Gasteiger partial charge in [-0.1, -0.05) is 0 Å². The van der Waals surface area contributed by atoms with Crippen LogP contribution < -0.4 is 9.47 Å². The number of methoxy groups -OCH3 is 2. The predicted octanol–water partition coefficient (Wildman–Crippen LogP) is 2.36. The van der Waals surface area contributed by atoms with E-state index in [0.29, 0.717) is 17.3 Å². The third kappa shape index (κ3) is 1.79. The summed E-state index contributed by atoms with van der Waals surface area (Å²) < 4.78 is 15.5. The highest BCUT2D eigenvalue weighted by atomic mass is 16.5.